The maximum absolute atomic E-state index is 10.8. The van der Waals surface area contributed by atoms with Crippen LogP contribution in [-0.4, -0.2) is 25.7 Å². The lowest BCUT2D eigenvalue weighted by molar-refractivity contribution is 0.598. The summed E-state index contributed by atoms with van der Waals surface area (Å²) in [7, 11) is -3.42. The van der Waals surface area contributed by atoms with Gasteiger partial charge in [0.15, 0.2) is 0 Å². The molecule has 0 saturated heterocycles. The molecule has 0 aliphatic heterocycles. The molecule has 0 bridgehead atoms. The molecule has 0 fully saturated rings. The summed E-state index contributed by atoms with van der Waals surface area (Å²) in [6, 6.07) is 3.87. The average molecular weight is 257 g/mol. The number of pyridine rings is 1. The number of anilines is 1. The number of nitrogens with zero attached hydrogens (tertiary/aromatic N) is 1. The highest BCUT2D eigenvalue weighted by atomic mass is 32.2. The van der Waals surface area contributed by atoms with Crippen molar-refractivity contribution >= 4 is 37.3 Å². The third-order valence-electron chi connectivity index (χ3n) is 2.06. The van der Waals surface area contributed by atoms with Crippen LogP contribution in [0.3, 0.4) is 0 Å². The minimum atomic E-state index is -3.42. The van der Waals surface area contributed by atoms with Gasteiger partial charge < -0.3 is 5.32 Å². The second kappa shape index (κ2) is 4.36. The van der Waals surface area contributed by atoms with Gasteiger partial charge in [-0.2, -0.15) is 0 Å². The Bertz CT molecular complexity index is 592. The molecule has 0 amide bonds. The van der Waals surface area contributed by atoms with E-state index in [9.17, 15) is 8.42 Å². The minimum absolute atomic E-state index is 0.102. The van der Waals surface area contributed by atoms with Gasteiger partial charge in [-0.15, -0.1) is 11.3 Å². The maximum atomic E-state index is 10.8. The topological polar surface area (TPSA) is 85.1 Å². The summed E-state index contributed by atoms with van der Waals surface area (Å²) >= 11 is 1.62. The highest BCUT2D eigenvalue weighted by Crippen LogP contribution is 2.25. The Morgan fingerprint density at radius 1 is 1.44 bits per heavy atom. The molecule has 0 atom stereocenters. The summed E-state index contributed by atoms with van der Waals surface area (Å²) in [4.78, 5) is 4.16. The van der Waals surface area contributed by atoms with Crippen LogP contribution in [0.25, 0.3) is 10.1 Å². The second-order valence-electron chi connectivity index (χ2n) is 3.29. The van der Waals surface area contributed by atoms with Crippen LogP contribution in [0.5, 0.6) is 0 Å². The third kappa shape index (κ3) is 2.69. The number of hydrogen-bond donors (Lipinski definition) is 2. The Balaban J connectivity index is 2.12. The molecule has 2 rings (SSSR count). The van der Waals surface area contributed by atoms with Crippen molar-refractivity contribution in [3.63, 3.8) is 0 Å². The number of aromatic nitrogens is 1. The van der Waals surface area contributed by atoms with E-state index in [2.05, 4.69) is 10.3 Å². The minimum Gasteiger partial charge on any atom is -0.368 e. The molecular formula is C9H11N3O2S2. The Kier molecular flexibility index (Phi) is 3.08. The highest BCUT2D eigenvalue weighted by molar-refractivity contribution is 7.89. The first-order chi connectivity index (χ1) is 7.56. The third-order valence-corrected chi connectivity index (χ3v) is 3.71. The number of fused-ring (bicyclic) bond motifs is 1. The van der Waals surface area contributed by atoms with E-state index >= 15 is 0 Å². The zero-order chi connectivity index (χ0) is 11.6. The smallest absolute Gasteiger partial charge is 0.210 e. The molecule has 0 aliphatic carbocycles. The fourth-order valence-electron chi connectivity index (χ4n) is 1.35. The van der Waals surface area contributed by atoms with Gasteiger partial charge in [0.25, 0.3) is 0 Å². The normalized spacial score (nSPS) is 11.8. The summed E-state index contributed by atoms with van der Waals surface area (Å²) in [6.07, 6.45) is 1.69. The summed E-state index contributed by atoms with van der Waals surface area (Å²) in [6.45, 7) is 0.265. The van der Waals surface area contributed by atoms with Gasteiger partial charge in [0.1, 0.15) is 5.82 Å². The highest BCUT2D eigenvalue weighted by Gasteiger charge is 2.05. The van der Waals surface area contributed by atoms with Crippen molar-refractivity contribution in [1.29, 1.82) is 0 Å². The molecule has 0 radical (unpaired) electrons. The van der Waals surface area contributed by atoms with Crippen LogP contribution in [0.4, 0.5) is 5.82 Å². The van der Waals surface area contributed by atoms with Crippen molar-refractivity contribution in [2.45, 2.75) is 0 Å². The first-order valence-corrected chi connectivity index (χ1v) is 7.22. The van der Waals surface area contributed by atoms with Crippen molar-refractivity contribution in [1.82, 2.24) is 4.98 Å². The van der Waals surface area contributed by atoms with Crippen molar-refractivity contribution in [3.05, 3.63) is 23.7 Å². The number of hydrogen-bond acceptors (Lipinski definition) is 5. The van der Waals surface area contributed by atoms with Crippen LogP contribution >= 0.6 is 11.3 Å². The zero-order valence-corrected chi connectivity index (χ0v) is 10.0. The molecule has 0 aromatic carbocycles. The summed E-state index contributed by atoms with van der Waals surface area (Å²) in [5.74, 6) is 0.595. The van der Waals surface area contributed by atoms with Crippen LogP contribution < -0.4 is 10.5 Å². The molecule has 0 spiro atoms. The van der Waals surface area contributed by atoms with Crippen molar-refractivity contribution in [2.75, 3.05) is 17.6 Å². The molecule has 2 aromatic rings. The fraction of sp³-hybridized carbons (Fsp3) is 0.222. The summed E-state index contributed by atoms with van der Waals surface area (Å²) < 4.78 is 22.6. The van der Waals surface area contributed by atoms with Crippen molar-refractivity contribution in [3.8, 4) is 0 Å². The van der Waals surface area contributed by atoms with Crippen molar-refractivity contribution in [2.24, 2.45) is 5.14 Å². The van der Waals surface area contributed by atoms with Crippen molar-refractivity contribution < 1.29 is 8.42 Å². The Morgan fingerprint density at radius 2 is 2.25 bits per heavy atom. The molecule has 0 aliphatic rings. The molecule has 0 unspecified atom stereocenters. The fourth-order valence-corrected chi connectivity index (χ4v) is 2.52. The van der Waals surface area contributed by atoms with Gasteiger partial charge in [-0.3, -0.25) is 0 Å². The van der Waals surface area contributed by atoms with Crippen LogP contribution in [0.2, 0.25) is 0 Å². The van der Waals surface area contributed by atoms with E-state index in [0.29, 0.717) is 5.82 Å². The van der Waals surface area contributed by atoms with Crippen LogP contribution in [0, 0.1) is 0 Å². The first kappa shape index (κ1) is 11.3. The zero-order valence-electron chi connectivity index (χ0n) is 8.38. The number of primary sulfonamides is 1. The second-order valence-corrected chi connectivity index (χ2v) is 5.97. The standard InChI is InChI=1S/C9H11N3O2S2/c10-16(13,14)6-4-12-9-7-2-5-15-8(7)1-3-11-9/h1-3,5H,4,6H2,(H,11,12)(H2,10,13,14). The quantitative estimate of drug-likeness (QED) is 0.855. The van der Waals surface area contributed by atoms with Gasteiger partial charge in [0.2, 0.25) is 10.0 Å². The molecular weight excluding hydrogens is 246 g/mol. The lowest BCUT2D eigenvalue weighted by atomic mass is 10.3. The van der Waals surface area contributed by atoms with Gasteiger partial charge in [-0.1, -0.05) is 0 Å². The molecule has 86 valence electrons. The number of thiophene rings is 1. The number of sulfonamides is 1. The van der Waals surface area contributed by atoms with E-state index in [1.165, 1.54) is 0 Å². The van der Waals surface area contributed by atoms with E-state index in [1.54, 1.807) is 17.5 Å². The van der Waals surface area contributed by atoms with E-state index < -0.39 is 10.0 Å². The van der Waals surface area contributed by atoms with Gasteiger partial charge >= 0.3 is 0 Å². The summed E-state index contributed by atoms with van der Waals surface area (Å²) in [5.41, 5.74) is 0. The molecule has 7 heteroatoms. The Hall–Kier alpha value is -1.18. The Morgan fingerprint density at radius 3 is 3.00 bits per heavy atom. The first-order valence-electron chi connectivity index (χ1n) is 4.63. The van der Waals surface area contributed by atoms with Crippen LogP contribution in [-0.2, 0) is 10.0 Å². The van der Waals surface area contributed by atoms with Crippen LogP contribution in [0.15, 0.2) is 23.7 Å². The largest absolute Gasteiger partial charge is 0.368 e. The number of rotatable bonds is 4. The number of nitrogens with two attached hydrogens (primary N) is 1. The lowest BCUT2D eigenvalue weighted by Crippen LogP contribution is -2.22. The van der Waals surface area contributed by atoms with E-state index in [1.807, 2.05) is 17.5 Å². The van der Waals surface area contributed by atoms with E-state index in [0.717, 1.165) is 10.1 Å². The maximum Gasteiger partial charge on any atom is 0.210 e. The summed E-state index contributed by atoms with van der Waals surface area (Å²) in [5, 5.41) is 10.8. The van der Waals surface area contributed by atoms with Gasteiger partial charge in [-0.05, 0) is 17.5 Å². The molecule has 2 heterocycles. The molecule has 5 nitrogen and oxygen atoms in total. The van der Waals surface area contributed by atoms with Gasteiger partial charge in [0, 0.05) is 22.8 Å². The predicted octanol–water partition coefficient (Wildman–Crippen LogP) is 0.997. The molecule has 0 saturated carbocycles. The van der Waals surface area contributed by atoms with E-state index in [4.69, 9.17) is 5.14 Å². The van der Waals surface area contributed by atoms with Crippen LogP contribution in [0.1, 0.15) is 0 Å². The SMILES string of the molecule is NS(=O)(=O)CCNc1nccc2sccc12. The lowest BCUT2D eigenvalue weighted by Gasteiger charge is -2.05. The molecule has 3 N–H and O–H groups in total. The van der Waals surface area contributed by atoms with Gasteiger partial charge in [-0.25, -0.2) is 18.5 Å². The van der Waals surface area contributed by atoms with Gasteiger partial charge in [0.05, 0.1) is 5.75 Å². The molecule has 16 heavy (non-hydrogen) atoms. The predicted molar refractivity (Wildman–Crippen MR) is 66.1 cm³/mol. The number of nitrogens with one attached hydrogen (secondary N) is 1. The Labute approximate surface area is 97.4 Å². The average Bonchev–Trinajstić information content (AvgIpc) is 2.64. The monoisotopic (exact) mass is 257 g/mol. The van der Waals surface area contributed by atoms with E-state index in [-0.39, 0.29) is 12.3 Å². The molecule has 2 aromatic heterocycles.